The maximum Gasteiger partial charge on any atom is 0.338 e. The fraction of sp³-hybridized carbons (Fsp3) is 0.286. The van der Waals surface area contributed by atoms with Gasteiger partial charge in [-0.1, -0.05) is 0 Å². The number of fused-ring (bicyclic) bond motifs is 1. The highest BCUT2D eigenvalue weighted by Crippen LogP contribution is 2.34. The Morgan fingerprint density at radius 1 is 1.43 bits per heavy atom. The van der Waals surface area contributed by atoms with Crippen LogP contribution in [0, 0.1) is 0 Å². The van der Waals surface area contributed by atoms with Gasteiger partial charge in [0.1, 0.15) is 12.4 Å². The van der Waals surface area contributed by atoms with Gasteiger partial charge in [-0.25, -0.2) is 9.48 Å². The molecule has 21 heavy (non-hydrogen) atoms. The molecule has 0 spiro atoms. The summed E-state index contributed by atoms with van der Waals surface area (Å²) in [5.74, 6) is 0.243. The van der Waals surface area contributed by atoms with Gasteiger partial charge in [-0.05, 0) is 31.5 Å². The fourth-order valence-electron chi connectivity index (χ4n) is 2.42. The Labute approximate surface area is 121 Å². The summed E-state index contributed by atoms with van der Waals surface area (Å²) in [6, 6.07) is 3.34. The molecule has 1 aliphatic heterocycles. The second-order valence-corrected chi connectivity index (χ2v) is 4.60. The van der Waals surface area contributed by atoms with E-state index >= 15 is 0 Å². The molecule has 0 amide bonds. The zero-order chi connectivity index (χ0) is 14.8. The molecule has 0 radical (unpaired) electrons. The number of nitrogens with zero attached hydrogens (tertiary/aromatic N) is 4. The second-order valence-electron chi connectivity index (χ2n) is 4.60. The van der Waals surface area contributed by atoms with Crippen LogP contribution in [-0.2, 0) is 9.53 Å². The lowest BCUT2D eigenvalue weighted by Crippen LogP contribution is -2.29. The van der Waals surface area contributed by atoms with Gasteiger partial charge in [-0.2, -0.15) is 10.1 Å². The minimum atomic E-state index is -0.370. The first-order valence-electron chi connectivity index (χ1n) is 6.66. The first-order chi connectivity index (χ1) is 10.2. The van der Waals surface area contributed by atoms with Gasteiger partial charge in [0.05, 0.1) is 12.2 Å². The molecule has 0 aliphatic carbocycles. The first kappa shape index (κ1) is 13.3. The van der Waals surface area contributed by atoms with Gasteiger partial charge >= 0.3 is 5.97 Å². The van der Waals surface area contributed by atoms with Gasteiger partial charge in [-0.15, -0.1) is 0 Å². The highest BCUT2D eigenvalue weighted by Gasteiger charge is 2.34. The average Bonchev–Trinajstić information content (AvgIpc) is 2.94. The molecular formula is C14H15N5O2. The van der Waals surface area contributed by atoms with Crippen molar-refractivity contribution < 1.29 is 9.53 Å². The van der Waals surface area contributed by atoms with E-state index in [4.69, 9.17) is 4.74 Å². The molecular weight excluding hydrogens is 270 g/mol. The number of hydrogen-bond donors (Lipinski definition) is 1. The molecule has 2 aromatic rings. The van der Waals surface area contributed by atoms with E-state index in [0.717, 1.165) is 11.3 Å². The topological polar surface area (TPSA) is 81.9 Å². The van der Waals surface area contributed by atoms with Gasteiger partial charge in [0.2, 0.25) is 5.95 Å². The van der Waals surface area contributed by atoms with Crippen LogP contribution in [0.15, 0.2) is 42.1 Å². The number of hydrogen-bond acceptors (Lipinski definition) is 6. The van der Waals surface area contributed by atoms with Gasteiger partial charge in [-0.3, -0.25) is 4.98 Å². The zero-order valence-corrected chi connectivity index (χ0v) is 11.8. The van der Waals surface area contributed by atoms with Crippen LogP contribution in [-0.4, -0.2) is 32.3 Å². The van der Waals surface area contributed by atoms with Crippen molar-refractivity contribution in [2.45, 2.75) is 19.9 Å². The van der Waals surface area contributed by atoms with Crippen molar-refractivity contribution in [2.75, 3.05) is 11.9 Å². The normalized spacial score (nSPS) is 17.1. The molecule has 108 valence electrons. The molecule has 0 saturated heterocycles. The van der Waals surface area contributed by atoms with E-state index in [2.05, 4.69) is 20.4 Å². The van der Waals surface area contributed by atoms with Gasteiger partial charge in [0.15, 0.2) is 0 Å². The number of allylic oxidation sites excluding steroid dienone is 1. The highest BCUT2D eigenvalue weighted by atomic mass is 16.5. The Hall–Kier alpha value is -2.70. The highest BCUT2D eigenvalue weighted by molar-refractivity contribution is 5.92. The predicted octanol–water partition coefficient (Wildman–Crippen LogP) is 1.53. The Balaban J connectivity index is 2.13. The third-order valence-electron chi connectivity index (χ3n) is 3.31. The Bertz CT molecular complexity index is 692. The third kappa shape index (κ3) is 2.26. The van der Waals surface area contributed by atoms with Crippen molar-refractivity contribution >= 4 is 11.9 Å². The van der Waals surface area contributed by atoms with Crippen LogP contribution in [0.1, 0.15) is 25.5 Å². The number of pyridine rings is 1. The van der Waals surface area contributed by atoms with E-state index in [9.17, 15) is 4.79 Å². The van der Waals surface area contributed by atoms with E-state index in [1.165, 1.54) is 6.33 Å². The number of rotatable bonds is 3. The standard InChI is InChI=1S/C14H15N5O2/c1-3-21-13(20)11-9(2)18-14-16-8-17-19(14)12(11)10-4-6-15-7-5-10/h4-8,12H,3H2,1-2H3,(H,16,17,18). The SMILES string of the molecule is CCOC(=O)C1=C(C)Nc2ncnn2C1c1ccncc1. The summed E-state index contributed by atoms with van der Waals surface area (Å²) < 4.78 is 6.86. The molecule has 0 bridgehead atoms. The molecule has 1 aliphatic rings. The van der Waals surface area contributed by atoms with Gasteiger partial charge in [0, 0.05) is 18.1 Å². The number of carbonyl (C=O) groups is 1. The molecule has 1 atom stereocenters. The first-order valence-corrected chi connectivity index (χ1v) is 6.66. The lowest BCUT2D eigenvalue weighted by atomic mass is 9.97. The molecule has 0 saturated carbocycles. The minimum absolute atomic E-state index is 0.322. The molecule has 3 rings (SSSR count). The largest absolute Gasteiger partial charge is 0.463 e. The maximum absolute atomic E-state index is 12.3. The van der Waals surface area contributed by atoms with Crippen molar-refractivity contribution in [3.8, 4) is 0 Å². The van der Waals surface area contributed by atoms with E-state index in [0.29, 0.717) is 18.1 Å². The minimum Gasteiger partial charge on any atom is -0.463 e. The van der Waals surface area contributed by atoms with Crippen molar-refractivity contribution in [1.82, 2.24) is 19.7 Å². The lowest BCUT2D eigenvalue weighted by Gasteiger charge is -2.27. The third-order valence-corrected chi connectivity index (χ3v) is 3.31. The van der Waals surface area contributed by atoms with Crippen LogP contribution in [0.2, 0.25) is 0 Å². The van der Waals surface area contributed by atoms with Crippen LogP contribution in [0.4, 0.5) is 5.95 Å². The average molecular weight is 285 g/mol. The molecule has 3 heterocycles. The molecule has 2 aromatic heterocycles. The summed E-state index contributed by atoms with van der Waals surface area (Å²) in [5.41, 5.74) is 2.15. The Morgan fingerprint density at radius 3 is 2.90 bits per heavy atom. The number of esters is 1. The molecule has 1 unspecified atom stereocenters. The van der Waals surface area contributed by atoms with Crippen molar-refractivity contribution in [3.63, 3.8) is 0 Å². The number of nitrogens with one attached hydrogen (secondary N) is 1. The summed E-state index contributed by atoms with van der Waals surface area (Å²) in [7, 11) is 0. The molecule has 0 aromatic carbocycles. The molecule has 0 fully saturated rings. The van der Waals surface area contributed by atoms with Gasteiger partial charge < -0.3 is 10.1 Å². The number of ether oxygens (including phenoxy) is 1. The Kier molecular flexibility index (Phi) is 3.39. The van der Waals surface area contributed by atoms with Crippen molar-refractivity contribution in [2.24, 2.45) is 0 Å². The van der Waals surface area contributed by atoms with Crippen LogP contribution in [0.25, 0.3) is 0 Å². The van der Waals surface area contributed by atoms with Crippen LogP contribution >= 0.6 is 0 Å². The zero-order valence-electron chi connectivity index (χ0n) is 11.8. The van der Waals surface area contributed by atoms with Crippen molar-refractivity contribution in [1.29, 1.82) is 0 Å². The summed E-state index contributed by atoms with van der Waals surface area (Å²) in [5, 5.41) is 7.30. The summed E-state index contributed by atoms with van der Waals surface area (Å²) in [4.78, 5) is 20.5. The summed E-state index contributed by atoms with van der Waals surface area (Å²) in [6.45, 7) is 3.94. The van der Waals surface area contributed by atoms with E-state index in [1.807, 2.05) is 19.1 Å². The van der Waals surface area contributed by atoms with Crippen molar-refractivity contribution in [3.05, 3.63) is 47.7 Å². The quantitative estimate of drug-likeness (QED) is 0.861. The summed E-state index contributed by atoms with van der Waals surface area (Å²) in [6.07, 6.45) is 4.83. The van der Waals surface area contributed by atoms with Gasteiger partial charge in [0.25, 0.3) is 0 Å². The number of aromatic nitrogens is 4. The molecule has 7 heteroatoms. The Morgan fingerprint density at radius 2 is 2.19 bits per heavy atom. The lowest BCUT2D eigenvalue weighted by molar-refractivity contribution is -0.139. The van der Waals surface area contributed by atoms with Crippen LogP contribution < -0.4 is 5.32 Å². The maximum atomic E-state index is 12.3. The fourth-order valence-corrected chi connectivity index (χ4v) is 2.42. The van der Waals surface area contributed by atoms with E-state index in [1.54, 1.807) is 24.0 Å². The summed E-state index contributed by atoms with van der Waals surface area (Å²) >= 11 is 0. The predicted molar refractivity (Wildman–Crippen MR) is 75.4 cm³/mol. The molecule has 7 nitrogen and oxygen atoms in total. The van der Waals surface area contributed by atoms with E-state index in [-0.39, 0.29) is 12.0 Å². The smallest absolute Gasteiger partial charge is 0.338 e. The monoisotopic (exact) mass is 285 g/mol. The van der Waals surface area contributed by atoms with Crippen LogP contribution in [0.3, 0.4) is 0 Å². The number of carbonyl (C=O) groups excluding carboxylic acids is 1. The molecule has 1 N–H and O–H groups in total. The van der Waals surface area contributed by atoms with E-state index < -0.39 is 0 Å². The second kappa shape index (κ2) is 5.35. The number of anilines is 1. The van der Waals surface area contributed by atoms with Crippen LogP contribution in [0.5, 0.6) is 0 Å².